The van der Waals surface area contributed by atoms with Gasteiger partial charge in [-0.1, -0.05) is 0 Å². The molecule has 2 heterocycles. The van der Waals surface area contributed by atoms with E-state index in [-0.39, 0.29) is 5.82 Å². The minimum absolute atomic E-state index is 0.300. The Balaban J connectivity index is 1.77. The Morgan fingerprint density at radius 1 is 0.960 bits per heavy atom. The number of halogens is 2. The molecular formula is C18H21BrFN3O2. The van der Waals surface area contributed by atoms with Crippen LogP contribution in [0.1, 0.15) is 6.42 Å². The summed E-state index contributed by atoms with van der Waals surface area (Å²) in [4.78, 5) is 8.51. The number of nitrogens with zero attached hydrogens (tertiary/aromatic N) is 3. The van der Waals surface area contributed by atoms with Crippen LogP contribution in [-0.2, 0) is 0 Å². The fourth-order valence-corrected chi connectivity index (χ4v) is 3.31. The second kappa shape index (κ2) is 7.91. The summed E-state index contributed by atoms with van der Waals surface area (Å²) in [5.74, 6) is 1.63. The lowest BCUT2D eigenvalue weighted by molar-refractivity contribution is 0.394. The molecule has 0 aliphatic carbocycles. The van der Waals surface area contributed by atoms with Crippen LogP contribution in [0, 0.1) is 5.82 Å². The highest BCUT2D eigenvalue weighted by Gasteiger charge is 2.20. The molecule has 0 amide bonds. The van der Waals surface area contributed by atoms with Gasteiger partial charge in [0.25, 0.3) is 0 Å². The molecule has 0 spiro atoms. The number of benzene rings is 1. The highest BCUT2D eigenvalue weighted by molar-refractivity contribution is 9.10. The molecule has 0 atom stereocenters. The maximum Gasteiger partial charge on any atom is 0.166 e. The standard InChI is InChI=1S/C18H21BrFN3O2/c1-24-15-9-14(10-16(11-15)25-2)22-4-3-5-23(7-6-22)18-17(20)8-13(19)12-21-18/h8-12H,3-7H2,1-2H3. The number of methoxy groups -OCH3 is 2. The van der Waals surface area contributed by atoms with Gasteiger partial charge in [0, 0.05) is 60.7 Å². The van der Waals surface area contributed by atoms with E-state index < -0.39 is 0 Å². The van der Waals surface area contributed by atoms with E-state index in [2.05, 4.69) is 25.8 Å². The number of rotatable bonds is 4. The topological polar surface area (TPSA) is 37.8 Å². The minimum Gasteiger partial charge on any atom is -0.497 e. The second-order valence-corrected chi connectivity index (χ2v) is 6.77. The van der Waals surface area contributed by atoms with Gasteiger partial charge < -0.3 is 19.3 Å². The van der Waals surface area contributed by atoms with Crippen molar-refractivity contribution in [2.24, 2.45) is 0 Å². The van der Waals surface area contributed by atoms with E-state index in [1.807, 2.05) is 23.1 Å². The molecule has 0 unspecified atom stereocenters. The van der Waals surface area contributed by atoms with Crippen molar-refractivity contribution in [1.29, 1.82) is 0 Å². The van der Waals surface area contributed by atoms with Crippen molar-refractivity contribution in [1.82, 2.24) is 4.98 Å². The predicted molar refractivity (Wildman–Crippen MR) is 100 cm³/mol. The van der Waals surface area contributed by atoms with Crippen molar-refractivity contribution >= 4 is 27.4 Å². The summed E-state index contributed by atoms with van der Waals surface area (Å²) in [6, 6.07) is 7.31. The third-order valence-electron chi connectivity index (χ3n) is 4.29. The molecule has 3 rings (SSSR count). The monoisotopic (exact) mass is 409 g/mol. The van der Waals surface area contributed by atoms with Crippen molar-refractivity contribution in [2.75, 3.05) is 50.2 Å². The lowest BCUT2D eigenvalue weighted by atomic mass is 10.2. The molecule has 0 saturated carbocycles. The summed E-state index contributed by atoms with van der Waals surface area (Å²) in [6.45, 7) is 3.12. The normalized spacial score (nSPS) is 15.0. The molecule has 2 aromatic rings. The smallest absolute Gasteiger partial charge is 0.166 e. The molecule has 25 heavy (non-hydrogen) atoms. The zero-order valence-electron chi connectivity index (χ0n) is 14.3. The van der Waals surface area contributed by atoms with Crippen LogP contribution in [0.25, 0.3) is 0 Å². The zero-order chi connectivity index (χ0) is 17.8. The van der Waals surface area contributed by atoms with Gasteiger partial charge in [-0.25, -0.2) is 9.37 Å². The summed E-state index contributed by atoms with van der Waals surface area (Å²) >= 11 is 3.25. The third-order valence-corrected chi connectivity index (χ3v) is 4.72. The molecule has 0 bridgehead atoms. The van der Waals surface area contributed by atoms with Crippen LogP contribution < -0.4 is 19.3 Å². The number of hydrogen-bond donors (Lipinski definition) is 0. The number of pyridine rings is 1. The van der Waals surface area contributed by atoms with Crippen LogP contribution in [0.5, 0.6) is 11.5 Å². The summed E-state index contributed by atoms with van der Waals surface area (Å²) in [5.41, 5.74) is 1.04. The largest absolute Gasteiger partial charge is 0.497 e. The van der Waals surface area contributed by atoms with Crippen molar-refractivity contribution in [3.8, 4) is 11.5 Å². The SMILES string of the molecule is COc1cc(OC)cc(N2CCCN(c3ncc(Br)cc3F)CC2)c1. The predicted octanol–water partition coefficient (Wildman–Crippen LogP) is 3.72. The van der Waals surface area contributed by atoms with Gasteiger partial charge in [-0.15, -0.1) is 0 Å². The molecule has 1 fully saturated rings. The van der Waals surface area contributed by atoms with E-state index in [1.54, 1.807) is 20.4 Å². The van der Waals surface area contributed by atoms with Gasteiger partial charge in [0.1, 0.15) is 11.5 Å². The molecule has 1 aliphatic heterocycles. The molecule has 0 N–H and O–H groups in total. The van der Waals surface area contributed by atoms with E-state index in [4.69, 9.17) is 9.47 Å². The van der Waals surface area contributed by atoms with Crippen LogP contribution in [-0.4, -0.2) is 45.4 Å². The fourth-order valence-electron chi connectivity index (χ4n) is 3.00. The molecule has 1 saturated heterocycles. The number of anilines is 2. The van der Waals surface area contributed by atoms with E-state index in [1.165, 1.54) is 6.07 Å². The first-order valence-electron chi connectivity index (χ1n) is 8.14. The molecule has 5 nitrogen and oxygen atoms in total. The van der Waals surface area contributed by atoms with Crippen molar-refractivity contribution in [3.63, 3.8) is 0 Å². The van der Waals surface area contributed by atoms with Gasteiger partial charge in [0.2, 0.25) is 0 Å². The van der Waals surface area contributed by atoms with Crippen LogP contribution >= 0.6 is 15.9 Å². The van der Waals surface area contributed by atoms with Crippen LogP contribution in [0.4, 0.5) is 15.9 Å². The Morgan fingerprint density at radius 3 is 2.24 bits per heavy atom. The lowest BCUT2D eigenvalue weighted by Crippen LogP contribution is -2.31. The van der Waals surface area contributed by atoms with Crippen LogP contribution in [0.3, 0.4) is 0 Å². The highest BCUT2D eigenvalue weighted by atomic mass is 79.9. The van der Waals surface area contributed by atoms with Crippen molar-refractivity contribution < 1.29 is 13.9 Å². The molecule has 1 aromatic heterocycles. The molecule has 7 heteroatoms. The average molecular weight is 410 g/mol. The first kappa shape index (κ1) is 17.8. The first-order chi connectivity index (χ1) is 12.1. The summed E-state index contributed by atoms with van der Waals surface area (Å²) < 4.78 is 25.6. The van der Waals surface area contributed by atoms with Gasteiger partial charge >= 0.3 is 0 Å². The third kappa shape index (κ3) is 4.15. The van der Waals surface area contributed by atoms with Crippen LogP contribution in [0.15, 0.2) is 34.9 Å². The number of aromatic nitrogens is 1. The second-order valence-electron chi connectivity index (χ2n) is 5.86. The van der Waals surface area contributed by atoms with Gasteiger partial charge in [-0.05, 0) is 28.4 Å². The number of hydrogen-bond acceptors (Lipinski definition) is 5. The van der Waals surface area contributed by atoms with Gasteiger partial charge in [0.05, 0.1) is 14.2 Å². The maximum absolute atomic E-state index is 14.2. The summed E-state index contributed by atoms with van der Waals surface area (Å²) in [5, 5.41) is 0. The zero-order valence-corrected chi connectivity index (χ0v) is 15.9. The van der Waals surface area contributed by atoms with Gasteiger partial charge in [-0.2, -0.15) is 0 Å². The summed E-state index contributed by atoms with van der Waals surface area (Å²) in [7, 11) is 3.29. The maximum atomic E-state index is 14.2. The van der Waals surface area contributed by atoms with Gasteiger partial charge in [0.15, 0.2) is 11.6 Å². The molecule has 1 aliphatic rings. The number of ether oxygens (including phenoxy) is 2. The molecular weight excluding hydrogens is 389 g/mol. The van der Waals surface area contributed by atoms with Crippen molar-refractivity contribution in [2.45, 2.75) is 6.42 Å². The Morgan fingerprint density at radius 2 is 1.60 bits per heavy atom. The Kier molecular flexibility index (Phi) is 5.63. The fraction of sp³-hybridized carbons (Fsp3) is 0.389. The quantitative estimate of drug-likeness (QED) is 0.769. The van der Waals surface area contributed by atoms with Crippen LogP contribution in [0.2, 0.25) is 0 Å². The minimum atomic E-state index is -0.300. The Bertz CT molecular complexity index is 722. The Labute approximate surface area is 155 Å². The van der Waals surface area contributed by atoms with Crippen molar-refractivity contribution in [3.05, 3.63) is 40.8 Å². The van der Waals surface area contributed by atoms with Gasteiger partial charge in [-0.3, -0.25) is 0 Å². The van der Waals surface area contributed by atoms with E-state index in [9.17, 15) is 4.39 Å². The summed E-state index contributed by atoms with van der Waals surface area (Å²) in [6.07, 6.45) is 2.55. The molecule has 134 valence electrons. The van der Waals surface area contributed by atoms with E-state index >= 15 is 0 Å². The molecule has 0 radical (unpaired) electrons. The molecule has 1 aromatic carbocycles. The van der Waals surface area contributed by atoms with E-state index in [0.29, 0.717) is 16.8 Å². The van der Waals surface area contributed by atoms with E-state index in [0.717, 1.165) is 43.2 Å². The first-order valence-corrected chi connectivity index (χ1v) is 8.94. The highest BCUT2D eigenvalue weighted by Crippen LogP contribution is 2.29. The lowest BCUT2D eigenvalue weighted by Gasteiger charge is -2.25. The Hall–Kier alpha value is -2.02. The average Bonchev–Trinajstić information content (AvgIpc) is 2.87.